The number of ether oxygens (including phenoxy) is 1. The molecule has 0 amide bonds. The van der Waals surface area contributed by atoms with Crippen LogP contribution in [-0.4, -0.2) is 60.5 Å². The summed E-state index contributed by atoms with van der Waals surface area (Å²) in [6.07, 6.45) is 3.51. The Morgan fingerprint density at radius 2 is 2.23 bits per heavy atom. The Morgan fingerprint density at radius 1 is 1.50 bits per heavy atom. The van der Waals surface area contributed by atoms with Crippen molar-refractivity contribution in [3.8, 4) is 0 Å². The summed E-state index contributed by atoms with van der Waals surface area (Å²) >= 11 is 0. The first kappa shape index (κ1) is 17.4. The molecule has 2 heterocycles. The average molecular weight is 331 g/mol. The van der Waals surface area contributed by atoms with E-state index in [1.54, 1.807) is 11.8 Å². The molecule has 22 heavy (non-hydrogen) atoms. The molecule has 1 fully saturated rings. The zero-order chi connectivity index (χ0) is 16.4. The topological polar surface area (TPSA) is 84.7 Å². The van der Waals surface area contributed by atoms with E-state index < -0.39 is 16.1 Å². The van der Waals surface area contributed by atoms with E-state index in [0.717, 1.165) is 0 Å². The van der Waals surface area contributed by atoms with E-state index >= 15 is 0 Å². The molecule has 1 N–H and O–H groups in total. The third-order valence-corrected chi connectivity index (χ3v) is 5.67. The Labute approximate surface area is 131 Å². The van der Waals surface area contributed by atoms with Crippen molar-refractivity contribution in [3.05, 3.63) is 12.4 Å². The van der Waals surface area contributed by atoms with Crippen molar-refractivity contribution in [1.29, 1.82) is 0 Å². The predicted octanol–water partition coefficient (Wildman–Crippen LogP) is 0.701. The molecule has 1 atom stereocenters. The van der Waals surface area contributed by atoms with Crippen molar-refractivity contribution in [2.75, 3.05) is 26.8 Å². The van der Waals surface area contributed by atoms with Crippen LogP contribution in [0.5, 0.6) is 0 Å². The lowest BCUT2D eigenvalue weighted by Crippen LogP contribution is -2.37. The molecule has 0 saturated carbocycles. The highest BCUT2D eigenvalue weighted by Gasteiger charge is 2.35. The molecule has 126 valence electrons. The van der Waals surface area contributed by atoms with Gasteiger partial charge in [0.1, 0.15) is 4.90 Å². The maximum absolute atomic E-state index is 12.8. The van der Waals surface area contributed by atoms with E-state index in [-0.39, 0.29) is 10.3 Å². The van der Waals surface area contributed by atoms with Gasteiger partial charge in [-0.25, -0.2) is 8.42 Å². The number of methoxy groups -OCH3 is 1. The highest BCUT2D eigenvalue weighted by molar-refractivity contribution is 7.89. The zero-order valence-corrected chi connectivity index (χ0v) is 14.2. The van der Waals surface area contributed by atoms with E-state index in [0.29, 0.717) is 39.1 Å². The largest absolute Gasteiger partial charge is 0.393 e. The van der Waals surface area contributed by atoms with Gasteiger partial charge in [-0.2, -0.15) is 9.40 Å². The van der Waals surface area contributed by atoms with Gasteiger partial charge in [0, 0.05) is 26.4 Å². The summed E-state index contributed by atoms with van der Waals surface area (Å²) in [6, 6.07) is 0. The van der Waals surface area contributed by atoms with Gasteiger partial charge < -0.3 is 9.84 Å². The highest BCUT2D eigenvalue weighted by Crippen LogP contribution is 2.31. The Balaban J connectivity index is 2.20. The molecule has 7 nitrogen and oxygen atoms in total. The molecule has 2 rings (SSSR count). The standard InChI is InChI=1S/C14H25N3O4S/c1-14(2)8-12(18)4-5-17(11-14)22(19,20)13-9-15-16(10-13)6-7-21-3/h9-10,12,18H,4-8,11H2,1-3H3. The first-order valence-electron chi connectivity index (χ1n) is 7.44. The van der Waals surface area contributed by atoms with Gasteiger partial charge >= 0.3 is 0 Å². The molecule has 0 radical (unpaired) electrons. The minimum absolute atomic E-state index is 0.191. The second-order valence-electron chi connectivity index (χ2n) is 6.58. The third kappa shape index (κ3) is 4.07. The molecule has 0 spiro atoms. The van der Waals surface area contributed by atoms with Crippen molar-refractivity contribution in [1.82, 2.24) is 14.1 Å². The van der Waals surface area contributed by atoms with Crippen LogP contribution in [0.15, 0.2) is 17.3 Å². The van der Waals surface area contributed by atoms with Crippen LogP contribution in [0.2, 0.25) is 0 Å². The van der Waals surface area contributed by atoms with Gasteiger partial charge in [0.15, 0.2) is 0 Å². The minimum atomic E-state index is -3.59. The Morgan fingerprint density at radius 3 is 2.91 bits per heavy atom. The quantitative estimate of drug-likeness (QED) is 0.858. The number of hydrogen-bond donors (Lipinski definition) is 1. The summed E-state index contributed by atoms with van der Waals surface area (Å²) in [7, 11) is -2.00. The van der Waals surface area contributed by atoms with Gasteiger partial charge in [0.25, 0.3) is 0 Å². The van der Waals surface area contributed by atoms with Gasteiger partial charge in [-0.1, -0.05) is 13.8 Å². The number of sulfonamides is 1. The van der Waals surface area contributed by atoms with Crippen LogP contribution in [0.4, 0.5) is 0 Å². The SMILES string of the molecule is COCCn1cc(S(=O)(=O)N2CCC(O)CC(C)(C)C2)cn1. The van der Waals surface area contributed by atoms with Crippen molar-refractivity contribution in [3.63, 3.8) is 0 Å². The van der Waals surface area contributed by atoms with Crippen LogP contribution >= 0.6 is 0 Å². The fourth-order valence-corrected chi connectivity index (χ4v) is 4.39. The second kappa shape index (κ2) is 6.66. The Bertz CT molecular complexity index is 597. The number of aliphatic hydroxyl groups is 1. The fourth-order valence-electron chi connectivity index (χ4n) is 2.79. The number of hydrogen-bond acceptors (Lipinski definition) is 5. The van der Waals surface area contributed by atoms with Crippen LogP contribution in [0, 0.1) is 5.41 Å². The second-order valence-corrected chi connectivity index (χ2v) is 8.52. The van der Waals surface area contributed by atoms with E-state index in [1.165, 1.54) is 16.7 Å². The molecular formula is C14H25N3O4S. The average Bonchev–Trinajstić information content (AvgIpc) is 2.84. The Kier molecular flexibility index (Phi) is 5.26. The predicted molar refractivity (Wildman–Crippen MR) is 81.9 cm³/mol. The highest BCUT2D eigenvalue weighted by atomic mass is 32.2. The minimum Gasteiger partial charge on any atom is -0.393 e. The monoisotopic (exact) mass is 331 g/mol. The van der Waals surface area contributed by atoms with Gasteiger partial charge in [-0.05, 0) is 18.3 Å². The van der Waals surface area contributed by atoms with Crippen LogP contribution < -0.4 is 0 Å². The van der Waals surface area contributed by atoms with Gasteiger partial charge in [0.05, 0.1) is 25.5 Å². The molecular weight excluding hydrogens is 306 g/mol. The summed E-state index contributed by atoms with van der Waals surface area (Å²) in [6.45, 7) is 5.67. The first-order chi connectivity index (χ1) is 10.2. The molecule has 0 bridgehead atoms. The summed E-state index contributed by atoms with van der Waals surface area (Å²) in [5.74, 6) is 0. The maximum atomic E-state index is 12.8. The number of rotatable bonds is 5. The smallest absolute Gasteiger partial charge is 0.246 e. The fraction of sp³-hybridized carbons (Fsp3) is 0.786. The van der Waals surface area contributed by atoms with Gasteiger partial charge in [-0.3, -0.25) is 4.68 Å². The molecule has 8 heteroatoms. The van der Waals surface area contributed by atoms with Crippen LogP contribution in [-0.2, 0) is 21.3 Å². The van der Waals surface area contributed by atoms with E-state index in [2.05, 4.69) is 5.10 Å². The molecule has 1 unspecified atom stereocenters. The molecule has 0 aromatic carbocycles. The van der Waals surface area contributed by atoms with Gasteiger partial charge in [-0.15, -0.1) is 0 Å². The summed E-state index contributed by atoms with van der Waals surface area (Å²) in [4.78, 5) is 0.191. The van der Waals surface area contributed by atoms with Crippen molar-refractivity contribution in [2.45, 2.75) is 44.2 Å². The molecule has 1 aliphatic heterocycles. The van der Waals surface area contributed by atoms with Crippen molar-refractivity contribution in [2.24, 2.45) is 5.41 Å². The van der Waals surface area contributed by atoms with Crippen molar-refractivity contribution >= 4 is 10.0 Å². The Hall–Kier alpha value is -0.960. The first-order valence-corrected chi connectivity index (χ1v) is 8.88. The summed E-state index contributed by atoms with van der Waals surface area (Å²) in [5, 5.41) is 14.0. The number of aromatic nitrogens is 2. The lowest BCUT2D eigenvalue weighted by Gasteiger charge is -2.28. The van der Waals surface area contributed by atoms with Crippen LogP contribution in [0.25, 0.3) is 0 Å². The molecule has 1 saturated heterocycles. The third-order valence-electron chi connectivity index (χ3n) is 3.88. The molecule has 1 aromatic heterocycles. The molecule has 0 aliphatic carbocycles. The number of aliphatic hydroxyl groups excluding tert-OH is 1. The summed E-state index contributed by atoms with van der Waals surface area (Å²) in [5.41, 5.74) is -0.255. The normalized spacial score (nSPS) is 23.4. The molecule has 1 aliphatic rings. The zero-order valence-electron chi connectivity index (χ0n) is 13.4. The lowest BCUT2D eigenvalue weighted by molar-refractivity contribution is 0.122. The summed E-state index contributed by atoms with van der Waals surface area (Å²) < 4.78 is 33.5. The lowest BCUT2D eigenvalue weighted by atomic mass is 9.87. The van der Waals surface area contributed by atoms with Crippen molar-refractivity contribution < 1.29 is 18.3 Å². The maximum Gasteiger partial charge on any atom is 0.246 e. The van der Waals surface area contributed by atoms with Crippen LogP contribution in [0.3, 0.4) is 0 Å². The van der Waals surface area contributed by atoms with E-state index in [4.69, 9.17) is 4.74 Å². The van der Waals surface area contributed by atoms with Gasteiger partial charge in [0.2, 0.25) is 10.0 Å². The van der Waals surface area contributed by atoms with E-state index in [9.17, 15) is 13.5 Å². The van der Waals surface area contributed by atoms with E-state index in [1.807, 2.05) is 13.8 Å². The number of nitrogens with zero attached hydrogens (tertiary/aromatic N) is 3. The van der Waals surface area contributed by atoms with Crippen LogP contribution in [0.1, 0.15) is 26.7 Å². The molecule has 1 aromatic rings.